The molecule has 532 valence electrons. The minimum Gasteiger partial charge on any atom is -0.481 e. The highest BCUT2D eigenvalue weighted by Crippen LogP contribution is 2.56. The summed E-state index contributed by atoms with van der Waals surface area (Å²) in [6.07, 6.45) is 27.0. The van der Waals surface area contributed by atoms with Gasteiger partial charge < -0.3 is 55.4 Å². The van der Waals surface area contributed by atoms with E-state index in [1.807, 2.05) is 46.2 Å². The second kappa shape index (κ2) is 31.1. The van der Waals surface area contributed by atoms with Crippen LogP contribution in [0.4, 0.5) is 17.5 Å². The monoisotopic (exact) mass is 1400 g/mol. The van der Waals surface area contributed by atoms with Crippen LogP contribution in [-0.4, -0.2) is 165 Å². The number of thioether (sulfide) groups is 3. The number of aliphatic carboxylic acids is 3. The fourth-order valence-corrected chi connectivity index (χ4v) is 23.9. The third kappa shape index (κ3) is 16.0. The van der Waals surface area contributed by atoms with Gasteiger partial charge in [0.1, 0.15) is 39.1 Å². The molecule has 3 aromatic heterocycles. The molecule has 0 aromatic carbocycles. The standard InChI is InChI=1S/C27H37N3O4S.C24H33N3O4S.C24H33N3O3S/c31-24(32)15-34-20-7-8-30(14-20)23-6-5-22(27(28-23)35-21-3-1-2-4-21)26(33)29-25-18-10-16-9-17(12-18)13-19(25)11-16;1-2-7-32-23-18(3-4-20(25-23)27-5-6-31-19(13-27)24(29)30)22(28)26-21-16-9-14-8-15(11-16)12-17(21)10-14;1-2-7-31-23-19(3-4-20(25-23)27-6-5-16(13-27)24(29)30)22(28)26-21-17-9-14-8-15(11-17)12-18(21)10-14/h5-6,16-21,25H,1-4,7-15H2,(H,29,33)(H,31,32);3-4,14-17,19,21H,2,5-13H2,1H3,(H,26,28)(H,29,30);3-4,14-18,21H,2,5-13H2,1H3,(H,26,28)(H,29,30)/t16?,17?,18?,19?,20-,25?;;14?,15?,16-,17?,18?,21?/m0.0/s1. The van der Waals surface area contributed by atoms with Crippen molar-refractivity contribution >= 4 is 88.4 Å². The van der Waals surface area contributed by atoms with E-state index in [1.54, 1.807) is 35.3 Å². The average Bonchev–Trinajstić information content (AvgIpc) is 0.946. The van der Waals surface area contributed by atoms with Crippen LogP contribution in [0.25, 0.3) is 0 Å². The van der Waals surface area contributed by atoms with Crippen molar-refractivity contribution in [1.29, 1.82) is 0 Å². The molecule has 6 heterocycles. The van der Waals surface area contributed by atoms with Gasteiger partial charge in [0.15, 0.2) is 6.10 Å². The van der Waals surface area contributed by atoms with Crippen LogP contribution in [0.5, 0.6) is 0 Å². The normalized spacial score (nSPS) is 33.7. The van der Waals surface area contributed by atoms with Crippen molar-refractivity contribution in [3.8, 4) is 0 Å². The summed E-state index contributed by atoms with van der Waals surface area (Å²) < 4.78 is 10.9. The number of carboxylic acids is 3. The van der Waals surface area contributed by atoms with Crippen LogP contribution in [0, 0.1) is 76.9 Å². The van der Waals surface area contributed by atoms with Gasteiger partial charge in [0.25, 0.3) is 17.7 Å². The lowest BCUT2D eigenvalue weighted by atomic mass is 9.54. The molecule has 20 nitrogen and oxygen atoms in total. The fourth-order valence-electron chi connectivity index (χ4n) is 20.8. The van der Waals surface area contributed by atoms with Crippen LogP contribution in [0.2, 0.25) is 0 Å². The Balaban J connectivity index is 0.000000126. The Hall–Kier alpha value is -5.36. The number of aromatic nitrogens is 3. The van der Waals surface area contributed by atoms with E-state index in [4.69, 9.17) is 29.5 Å². The summed E-state index contributed by atoms with van der Waals surface area (Å²) in [5.74, 6) is 10.4. The molecule has 0 radical (unpaired) electrons. The van der Waals surface area contributed by atoms with Gasteiger partial charge in [0, 0.05) is 56.1 Å². The Kier molecular flexibility index (Phi) is 22.1. The number of pyridine rings is 3. The van der Waals surface area contributed by atoms with Gasteiger partial charge in [0.05, 0.1) is 41.9 Å². The SMILES string of the molecule is CCCSc1nc(N2CCOC(C(=O)O)C2)ccc1C(=O)NC1C2CC3CC(C2)CC1C3.CCCSc1nc(N2CC[C@H](C(=O)O)C2)ccc1C(=O)NC1C2CC3CC(C2)CC1C3.O=C(O)CO[C@H]1CCN(c2ccc(C(=O)NC3C4CC5CC(C4)CC3C5)c(SC3CCCC3)n2)C1. The number of anilines is 3. The minimum absolute atomic E-state index is 0.00878. The summed E-state index contributed by atoms with van der Waals surface area (Å²) >= 11 is 5.01. The summed E-state index contributed by atoms with van der Waals surface area (Å²) in [6, 6.07) is 12.4. The van der Waals surface area contributed by atoms with Gasteiger partial charge in [-0.3, -0.25) is 19.2 Å². The van der Waals surface area contributed by atoms with Gasteiger partial charge >= 0.3 is 17.9 Å². The van der Waals surface area contributed by atoms with Crippen molar-refractivity contribution in [3.05, 3.63) is 53.1 Å². The molecule has 13 aliphatic carbocycles. The zero-order valence-corrected chi connectivity index (χ0v) is 59.7. The number of carbonyl (C=O) groups is 6. The van der Waals surface area contributed by atoms with Crippen LogP contribution in [-0.2, 0) is 23.9 Å². The number of nitrogens with one attached hydrogen (secondary N) is 3. The third-order valence-electron chi connectivity index (χ3n) is 24.7. The Morgan fingerprint density at radius 1 is 0.490 bits per heavy atom. The Morgan fingerprint density at radius 3 is 1.29 bits per heavy atom. The summed E-state index contributed by atoms with van der Waals surface area (Å²) in [5.41, 5.74) is 2.03. The van der Waals surface area contributed by atoms with Crippen molar-refractivity contribution in [2.45, 2.75) is 212 Å². The maximum Gasteiger partial charge on any atom is 0.334 e. The predicted octanol–water partition coefficient (Wildman–Crippen LogP) is 11.8. The van der Waals surface area contributed by atoms with Crippen LogP contribution in [0.1, 0.15) is 193 Å². The molecule has 23 heteroatoms. The molecule has 1 unspecified atom stereocenters. The highest BCUT2D eigenvalue weighted by molar-refractivity contribution is 8.00. The van der Waals surface area contributed by atoms with Crippen molar-refractivity contribution in [2.75, 3.05) is 78.7 Å². The number of carbonyl (C=O) groups excluding carboxylic acids is 3. The molecular weight excluding hydrogens is 1300 g/mol. The second-order valence-corrected chi connectivity index (χ2v) is 35.0. The molecular formula is C75H103N9O11S3. The largest absolute Gasteiger partial charge is 0.481 e. The maximum atomic E-state index is 13.6. The van der Waals surface area contributed by atoms with E-state index in [2.05, 4.69) is 34.7 Å². The second-order valence-electron chi connectivity index (χ2n) is 31.6. The van der Waals surface area contributed by atoms with Gasteiger partial charge in [-0.1, -0.05) is 26.7 Å². The first-order valence-electron chi connectivity index (χ1n) is 37.6. The fraction of sp³-hybridized carbons (Fsp3) is 0.720. The molecule has 3 aromatic rings. The van der Waals surface area contributed by atoms with Gasteiger partial charge in [-0.25, -0.2) is 24.5 Å². The number of morpholine rings is 1. The first-order chi connectivity index (χ1) is 47.5. The first-order valence-corrected chi connectivity index (χ1v) is 40.4. The zero-order valence-electron chi connectivity index (χ0n) is 57.3. The lowest BCUT2D eigenvalue weighted by Gasteiger charge is -2.54. The lowest BCUT2D eigenvalue weighted by molar-refractivity contribution is -0.151. The van der Waals surface area contributed by atoms with E-state index in [0.717, 1.165) is 105 Å². The molecule has 3 saturated heterocycles. The Labute approximate surface area is 590 Å². The van der Waals surface area contributed by atoms with E-state index in [9.17, 15) is 39.0 Å². The zero-order chi connectivity index (χ0) is 67.7. The summed E-state index contributed by atoms with van der Waals surface area (Å²) in [4.78, 5) is 94.6. The van der Waals surface area contributed by atoms with Crippen molar-refractivity contribution in [1.82, 2.24) is 30.9 Å². The highest BCUT2D eigenvalue weighted by Gasteiger charge is 2.52. The van der Waals surface area contributed by atoms with Gasteiger partial charge in [0.2, 0.25) is 0 Å². The molecule has 3 amide bonds. The molecule has 16 aliphatic rings. The molecule has 13 saturated carbocycles. The quantitative estimate of drug-likeness (QED) is 0.0511. The molecule has 3 atom stereocenters. The molecule has 98 heavy (non-hydrogen) atoms. The minimum atomic E-state index is -0.957. The van der Waals surface area contributed by atoms with Gasteiger partial charge in [-0.05, 0) is 254 Å². The van der Waals surface area contributed by atoms with E-state index < -0.39 is 24.0 Å². The van der Waals surface area contributed by atoms with Crippen molar-refractivity contribution in [3.63, 3.8) is 0 Å². The number of nitrogens with zero attached hydrogens (tertiary/aromatic N) is 6. The number of rotatable bonds is 22. The third-order valence-corrected chi connectivity index (χ3v) is 28.5. The lowest BCUT2D eigenvalue weighted by Crippen LogP contribution is -2.55. The van der Waals surface area contributed by atoms with Crippen LogP contribution < -0.4 is 30.7 Å². The smallest absolute Gasteiger partial charge is 0.334 e. The Morgan fingerprint density at radius 2 is 0.888 bits per heavy atom. The van der Waals surface area contributed by atoms with Crippen molar-refractivity contribution in [2.24, 2.45) is 76.9 Å². The number of ether oxygens (including phenoxy) is 2. The molecule has 0 spiro atoms. The van der Waals surface area contributed by atoms with E-state index in [-0.39, 0.29) is 42.9 Å². The number of hydrogen-bond donors (Lipinski definition) is 6. The van der Waals surface area contributed by atoms with Gasteiger partial charge in [-0.15, -0.1) is 35.3 Å². The molecule has 3 aliphatic heterocycles. The van der Waals surface area contributed by atoms with Crippen LogP contribution in [0.3, 0.4) is 0 Å². The number of amides is 3. The van der Waals surface area contributed by atoms with Gasteiger partial charge in [-0.2, -0.15) is 0 Å². The predicted molar refractivity (Wildman–Crippen MR) is 380 cm³/mol. The maximum absolute atomic E-state index is 13.6. The van der Waals surface area contributed by atoms with E-state index in [1.165, 1.54) is 122 Å². The van der Waals surface area contributed by atoms with Crippen molar-refractivity contribution < 1.29 is 53.6 Å². The Bertz CT molecular complexity index is 3310. The average molecular weight is 1400 g/mol. The van der Waals surface area contributed by atoms with E-state index in [0.29, 0.717) is 115 Å². The van der Waals surface area contributed by atoms with Crippen LogP contribution in [0.15, 0.2) is 51.5 Å². The topological polar surface area (TPSA) is 266 Å². The highest BCUT2D eigenvalue weighted by atomic mass is 32.2. The molecule has 16 fully saturated rings. The number of hydrogen-bond acceptors (Lipinski definition) is 17. The van der Waals surface area contributed by atoms with E-state index >= 15 is 0 Å². The molecule has 19 rings (SSSR count). The molecule has 12 bridgehead atoms. The summed E-state index contributed by atoms with van der Waals surface area (Å²) in [5, 5.41) is 40.7. The van der Waals surface area contributed by atoms with Crippen LogP contribution >= 0.6 is 35.3 Å². The number of carboxylic acid groups (broad SMARTS) is 3. The summed E-state index contributed by atoms with van der Waals surface area (Å²) in [7, 11) is 0. The molecule has 6 N–H and O–H groups in total. The first kappa shape index (κ1) is 69.7. The summed E-state index contributed by atoms with van der Waals surface area (Å²) in [6.45, 7) is 7.78.